The number of hydrogen-bond acceptors (Lipinski definition) is 3. The van der Waals surface area contributed by atoms with Crippen LogP contribution in [0.25, 0.3) is 0 Å². The first-order chi connectivity index (χ1) is 8.49. The van der Waals surface area contributed by atoms with Crippen LogP contribution in [-0.2, 0) is 4.79 Å². The van der Waals surface area contributed by atoms with Crippen LogP contribution in [0.5, 0.6) is 0 Å². The van der Waals surface area contributed by atoms with E-state index < -0.39 is 29.8 Å². The minimum absolute atomic E-state index is 0.138. The minimum atomic E-state index is -1.17. The van der Waals surface area contributed by atoms with E-state index in [0.717, 1.165) is 17.0 Å². The van der Waals surface area contributed by atoms with Gasteiger partial charge in [0.15, 0.2) is 11.6 Å². The van der Waals surface area contributed by atoms with Gasteiger partial charge in [0, 0.05) is 6.54 Å². The number of hydrogen-bond donors (Lipinski definition) is 1. The highest BCUT2D eigenvalue weighted by molar-refractivity contribution is 5.74. The van der Waals surface area contributed by atoms with E-state index in [2.05, 4.69) is 0 Å². The van der Waals surface area contributed by atoms with Crippen molar-refractivity contribution in [1.29, 1.82) is 5.26 Å². The summed E-state index contributed by atoms with van der Waals surface area (Å²) in [7, 11) is 0. The quantitative estimate of drug-likeness (QED) is 0.874. The van der Waals surface area contributed by atoms with Crippen molar-refractivity contribution in [3.05, 3.63) is 29.3 Å². The van der Waals surface area contributed by atoms with E-state index in [9.17, 15) is 13.6 Å². The minimum Gasteiger partial charge on any atom is -0.480 e. The molecular formula is C12H12F2N2O2. The van der Waals surface area contributed by atoms with Crippen molar-refractivity contribution in [2.24, 2.45) is 0 Å². The van der Waals surface area contributed by atoms with Gasteiger partial charge in [0.05, 0.1) is 11.6 Å². The van der Waals surface area contributed by atoms with E-state index in [1.807, 2.05) is 0 Å². The van der Waals surface area contributed by atoms with Gasteiger partial charge in [0.1, 0.15) is 12.2 Å². The summed E-state index contributed by atoms with van der Waals surface area (Å²) in [5, 5.41) is 17.3. The fourth-order valence-corrected chi connectivity index (χ4v) is 1.64. The third kappa shape index (κ3) is 3.17. The molecule has 18 heavy (non-hydrogen) atoms. The predicted octanol–water partition coefficient (Wildman–Crippen LogP) is 2.14. The van der Waals surface area contributed by atoms with Gasteiger partial charge >= 0.3 is 5.97 Å². The fourth-order valence-electron chi connectivity index (χ4n) is 1.64. The summed E-state index contributed by atoms with van der Waals surface area (Å²) in [6.45, 7) is 1.49. The lowest BCUT2D eigenvalue weighted by Gasteiger charge is -2.23. The molecule has 0 saturated carbocycles. The maximum absolute atomic E-state index is 13.7. The Hall–Kier alpha value is -2.16. The first-order valence-electron chi connectivity index (χ1n) is 5.35. The van der Waals surface area contributed by atoms with Gasteiger partial charge in [-0.15, -0.1) is 0 Å². The number of nitrogens with zero attached hydrogens (tertiary/aromatic N) is 2. The van der Waals surface area contributed by atoms with E-state index in [1.54, 1.807) is 13.0 Å². The van der Waals surface area contributed by atoms with Crippen molar-refractivity contribution in [2.75, 3.05) is 18.0 Å². The van der Waals surface area contributed by atoms with Crippen molar-refractivity contribution < 1.29 is 18.7 Å². The summed E-state index contributed by atoms with van der Waals surface area (Å²) in [5.74, 6) is -3.03. The second-order valence-electron chi connectivity index (χ2n) is 3.72. The summed E-state index contributed by atoms with van der Waals surface area (Å²) < 4.78 is 27.4. The largest absolute Gasteiger partial charge is 0.480 e. The average molecular weight is 254 g/mol. The van der Waals surface area contributed by atoms with Crippen LogP contribution in [0.3, 0.4) is 0 Å². The van der Waals surface area contributed by atoms with Crippen LogP contribution in [0.4, 0.5) is 14.5 Å². The second kappa shape index (κ2) is 5.96. The van der Waals surface area contributed by atoms with Gasteiger partial charge in [0.2, 0.25) is 0 Å². The molecule has 0 spiro atoms. The molecule has 6 heteroatoms. The summed E-state index contributed by atoms with van der Waals surface area (Å²) in [6, 6.07) is 3.42. The lowest BCUT2D eigenvalue weighted by molar-refractivity contribution is -0.135. The van der Waals surface area contributed by atoms with Crippen LogP contribution >= 0.6 is 0 Å². The number of benzene rings is 1. The van der Waals surface area contributed by atoms with Gasteiger partial charge in [-0.1, -0.05) is 6.92 Å². The van der Waals surface area contributed by atoms with Crippen molar-refractivity contribution in [3.8, 4) is 6.07 Å². The Labute approximate surface area is 103 Å². The average Bonchev–Trinajstić information content (AvgIpc) is 2.27. The fraction of sp³-hybridized carbons (Fsp3) is 0.333. The number of nitriles is 1. The molecule has 1 aromatic carbocycles. The first-order valence-corrected chi connectivity index (χ1v) is 5.35. The predicted molar refractivity (Wildman–Crippen MR) is 61.2 cm³/mol. The Morgan fingerprint density at radius 2 is 2.00 bits per heavy atom. The highest BCUT2D eigenvalue weighted by atomic mass is 19.1. The smallest absolute Gasteiger partial charge is 0.323 e. The molecule has 0 unspecified atom stereocenters. The lowest BCUT2D eigenvalue weighted by atomic mass is 10.1. The maximum Gasteiger partial charge on any atom is 0.323 e. The van der Waals surface area contributed by atoms with Gasteiger partial charge in [-0.05, 0) is 18.6 Å². The SMILES string of the molecule is CCCN(CC(=O)O)c1c(F)cc(C#N)cc1F. The third-order valence-electron chi connectivity index (χ3n) is 2.28. The molecule has 0 aliphatic carbocycles. The van der Waals surface area contributed by atoms with Crippen LogP contribution in [0.1, 0.15) is 18.9 Å². The van der Waals surface area contributed by atoms with Crippen LogP contribution in [0.15, 0.2) is 12.1 Å². The van der Waals surface area contributed by atoms with Crippen LogP contribution in [0, 0.1) is 23.0 Å². The monoisotopic (exact) mass is 254 g/mol. The van der Waals surface area contributed by atoms with Crippen molar-refractivity contribution in [1.82, 2.24) is 0 Å². The second-order valence-corrected chi connectivity index (χ2v) is 3.72. The number of rotatable bonds is 5. The van der Waals surface area contributed by atoms with Gasteiger partial charge < -0.3 is 10.0 Å². The Bertz CT molecular complexity index is 474. The number of halogens is 2. The Morgan fingerprint density at radius 1 is 1.44 bits per heavy atom. The standard InChI is InChI=1S/C12H12F2N2O2/c1-2-3-16(7-11(17)18)12-9(13)4-8(6-15)5-10(12)14/h4-5H,2-3,7H2,1H3,(H,17,18). The number of carboxylic acid groups (broad SMARTS) is 1. The van der Waals surface area contributed by atoms with Gasteiger partial charge in [0.25, 0.3) is 0 Å². The molecule has 0 saturated heterocycles. The Kier molecular flexibility index (Phi) is 4.60. The van der Waals surface area contributed by atoms with E-state index in [4.69, 9.17) is 10.4 Å². The zero-order valence-corrected chi connectivity index (χ0v) is 9.78. The normalized spacial score (nSPS) is 9.89. The molecular weight excluding hydrogens is 242 g/mol. The number of anilines is 1. The molecule has 1 rings (SSSR count). The molecule has 0 aliphatic rings. The van der Waals surface area contributed by atoms with Crippen molar-refractivity contribution >= 4 is 11.7 Å². The van der Waals surface area contributed by atoms with Crippen LogP contribution in [0.2, 0.25) is 0 Å². The third-order valence-corrected chi connectivity index (χ3v) is 2.28. The number of carbonyl (C=O) groups is 1. The van der Waals surface area contributed by atoms with Crippen molar-refractivity contribution in [3.63, 3.8) is 0 Å². The summed E-state index contributed by atoms with van der Waals surface area (Å²) in [6.07, 6.45) is 0.548. The molecule has 0 atom stereocenters. The molecule has 4 nitrogen and oxygen atoms in total. The molecule has 0 aromatic heterocycles. The maximum atomic E-state index is 13.7. The van der Waals surface area contributed by atoms with Crippen LogP contribution in [-0.4, -0.2) is 24.2 Å². The van der Waals surface area contributed by atoms with E-state index in [1.165, 1.54) is 0 Å². The van der Waals surface area contributed by atoms with Gasteiger partial charge in [-0.25, -0.2) is 8.78 Å². The lowest BCUT2D eigenvalue weighted by Crippen LogP contribution is -2.32. The number of carboxylic acids is 1. The zero-order chi connectivity index (χ0) is 13.7. The summed E-state index contributed by atoms with van der Waals surface area (Å²) in [5.41, 5.74) is -0.543. The van der Waals surface area contributed by atoms with Crippen molar-refractivity contribution in [2.45, 2.75) is 13.3 Å². The van der Waals surface area contributed by atoms with Gasteiger partial charge in [-0.2, -0.15) is 5.26 Å². The topological polar surface area (TPSA) is 64.3 Å². The molecule has 0 radical (unpaired) electrons. The van der Waals surface area contributed by atoms with E-state index >= 15 is 0 Å². The van der Waals surface area contributed by atoms with Gasteiger partial charge in [-0.3, -0.25) is 4.79 Å². The van der Waals surface area contributed by atoms with Crippen LogP contribution < -0.4 is 4.90 Å². The first kappa shape index (κ1) is 13.9. The molecule has 0 amide bonds. The Balaban J connectivity index is 3.19. The molecule has 0 aliphatic heterocycles. The number of aliphatic carboxylic acids is 1. The molecule has 1 aromatic rings. The highest BCUT2D eigenvalue weighted by Gasteiger charge is 2.19. The highest BCUT2D eigenvalue weighted by Crippen LogP contribution is 2.25. The zero-order valence-electron chi connectivity index (χ0n) is 9.78. The Morgan fingerprint density at radius 3 is 2.39 bits per heavy atom. The summed E-state index contributed by atoms with van der Waals surface area (Å²) >= 11 is 0. The molecule has 0 fully saturated rings. The van der Waals surface area contributed by atoms with E-state index in [-0.39, 0.29) is 12.1 Å². The summed E-state index contributed by atoms with van der Waals surface area (Å²) in [4.78, 5) is 11.8. The van der Waals surface area contributed by atoms with E-state index in [0.29, 0.717) is 6.42 Å². The molecule has 0 heterocycles. The molecule has 96 valence electrons. The molecule has 0 bridgehead atoms. The molecule has 1 N–H and O–H groups in total.